The zero-order valence-electron chi connectivity index (χ0n) is 20.4. The summed E-state index contributed by atoms with van der Waals surface area (Å²) in [5.74, 6) is 0.431. The maximum absolute atomic E-state index is 12.8. The van der Waals surface area contributed by atoms with Crippen LogP contribution < -0.4 is 5.32 Å². The quantitative estimate of drug-likeness (QED) is 0.619. The number of carbonyl (C=O) groups is 2. The Bertz CT molecular complexity index is 1170. The second-order valence-corrected chi connectivity index (χ2v) is 9.02. The maximum Gasteiger partial charge on any atom is 0.253 e. The zero-order valence-corrected chi connectivity index (χ0v) is 20.4. The van der Waals surface area contributed by atoms with E-state index in [1.165, 1.54) is 12.8 Å². The lowest BCUT2D eigenvalue weighted by molar-refractivity contribution is -0.115. The molecule has 1 fully saturated rings. The Hall–Kier alpha value is -3.55. The number of aryl methyl sites for hydroxylation is 3. The zero-order chi connectivity index (χ0) is 24.2. The fourth-order valence-electron chi connectivity index (χ4n) is 4.45. The van der Waals surface area contributed by atoms with Gasteiger partial charge in [0.2, 0.25) is 5.91 Å². The minimum absolute atomic E-state index is 0.0621. The van der Waals surface area contributed by atoms with Gasteiger partial charge in [-0.25, -0.2) is 14.6 Å². The third kappa shape index (κ3) is 5.32. The lowest BCUT2D eigenvalue weighted by atomic mass is 10.1. The van der Waals surface area contributed by atoms with Gasteiger partial charge in [0.25, 0.3) is 11.9 Å². The van der Waals surface area contributed by atoms with Crippen molar-refractivity contribution < 1.29 is 9.59 Å². The van der Waals surface area contributed by atoms with Gasteiger partial charge in [-0.15, -0.1) is 0 Å². The van der Waals surface area contributed by atoms with Crippen molar-refractivity contribution in [2.24, 2.45) is 0 Å². The van der Waals surface area contributed by atoms with Crippen LogP contribution in [-0.4, -0.2) is 49.6 Å². The summed E-state index contributed by atoms with van der Waals surface area (Å²) in [5, 5.41) is 7.51. The first-order valence-electron chi connectivity index (χ1n) is 11.9. The first-order valence-corrected chi connectivity index (χ1v) is 11.9. The van der Waals surface area contributed by atoms with E-state index in [2.05, 4.69) is 20.4 Å². The molecule has 4 rings (SSSR count). The number of hydrogen-bond acceptors (Lipinski definition) is 5. The number of carbonyl (C=O) groups excluding carboxylic acids is 2. The van der Waals surface area contributed by atoms with Crippen LogP contribution in [0.1, 0.15) is 64.4 Å². The number of anilines is 1. The number of hydrogen-bond donors (Lipinski definition) is 1. The summed E-state index contributed by atoms with van der Waals surface area (Å²) in [5.41, 5.74) is 5.52. The van der Waals surface area contributed by atoms with Gasteiger partial charge in [-0.2, -0.15) is 5.10 Å². The van der Waals surface area contributed by atoms with E-state index >= 15 is 0 Å². The molecule has 2 amide bonds. The number of benzene rings is 1. The molecule has 0 spiro atoms. The average Bonchev–Trinajstić information content (AvgIpc) is 2.98. The number of likely N-dealkylation sites (tertiary alicyclic amines) is 1. The molecule has 0 aliphatic carbocycles. The highest BCUT2D eigenvalue weighted by atomic mass is 16.2. The summed E-state index contributed by atoms with van der Waals surface area (Å²) < 4.78 is 1.70. The fraction of sp³-hybridized carbons (Fsp3) is 0.423. The van der Waals surface area contributed by atoms with E-state index in [0.29, 0.717) is 17.2 Å². The van der Waals surface area contributed by atoms with Gasteiger partial charge in [0.15, 0.2) is 0 Å². The van der Waals surface area contributed by atoms with Gasteiger partial charge in [0.05, 0.1) is 12.1 Å². The van der Waals surface area contributed by atoms with Crippen molar-refractivity contribution in [3.05, 3.63) is 64.2 Å². The molecule has 8 nitrogen and oxygen atoms in total. The largest absolute Gasteiger partial charge is 0.339 e. The molecule has 1 aliphatic heterocycles. The molecule has 178 valence electrons. The van der Waals surface area contributed by atoms with E-state index in [1.807, 2.05) is 38.7 Å². The highest BCUT2D eigenvalue weighted by Crippen LogP contribution is 2.19. The van der Waals surface area contributed by atoms with Crippen LogP contribution in [0.4, 0.5) is 5.69 Å². The first kappa shape index (κ1) is 23.6. The van der Waals surface area contributed by atoms with Gasteiger partial charge in [-0.1, -0.05) is 12.8 Å². The highest BCUT2D eigenvalue weighted by molar-refractivity contribution is 5.96. The van der Waals surface area contributed by atoms with Gasteiger partial charge < -0.3 is 10.2 Å². The van der Waals surface area contributed by atoms with Crippen molar-refractivity contribution in [2.45, 2.75) is 59.8 Å². The number of rotatable bonds is 5. The van der Waals surface area contributed by atoms with Gasteiger partial charge in [0, 0.05) is 47.0 Å². The van der Waals surface area contributed by atoms with Gasteiger partial charge in [0.1, 0.15) is 0 Å². The van der Waals surface area contributed by atoms with Crippen molar-refractivity contribution in [1.82, 2.24) is 24.6 Å². The van der Waals surface area contributed by atoms with Gasteiger partial charge >= 0.3 is 0 Å². The molecule has 0 atom stereocenters. The van der Waals surface area contributed by atoms with Crippen molar-refractivity contribution >= 4 is 17.5 Å². The monoisotopic (exact) mass is 460 g/mol. The van der Waals surface area contributed by atoms with E-state index in [0.717, 1.165) is 54.3 Å². The van der Waals surface area contributed by atoms with Crippen molar-refractivity contribution in [1.29, 1.82) is 0 Å². The number of nitrogens with zero attached hydrogens (tertiary/aromatic N) is 5. The van der Waals surface area contributed by atoms with E-state index in [4.69, 9.17) is 0 Å². The lowest BCUT2D eigenvalue weighted by Gasteiger charge is -2.20. The molecule has 1 aliphatic rings. The SMILES string of the molecule is Cc1cc(C)nc(-n2nc(C)c(CC(=O)Nc3ccc(C(=O)N4CCCCCC4)cc3)c2C)n1. The minimum atomic E-state index is -0.140. The first-order chi connectivity index (χ1) is 16.3. The molecular weight excluding hydrogens is 428 g/mol. The average molecular weight is 461 g/mol. The molecule has 8 heteroatoms. The van der Waals surface area contributed by atoms with Crippen LogP contribution in [0.3, 0.4) is 0 Å². The molecule has 1 saturated heterocycles. The molecule has 1 aromatic carbocycles. The Morgan fingerprint density at radius 1 is 0.912 bits per heavy atom. The highest BCUT2D eigenvalue weighted by Gasteiger charge is 2.19. The predicted molar refractivity (Wildman–Crippen MR) is 131 cm³/mol. The molecule has 0 radical (unpaired) electrons. The van der Waals surface area contributed by atoms with Crippen LogP contribution in [0.15, 0.2) is 30.3 Å². The van der Waals surface area contributed by atoms with Gasteiger partial charge in [-0.05, 0) is 70.9 Å². The second kappa shape index (κ2) is 10.2. The molecular formula is C26H32N6O2. The van der Waals surface area contributed by atoms with Crippen molar-refractivity contribution in [3.8, 4) is 5.95 Å². The summed E-state index contributed by atoms with van der Waals surface area (Å²) in [4.78, 5) is 36.5. The Labute approximate surface area is 200 Å². The third-order valence-electron chi connectivity index (χ3n) is 6.25. The smallest absolute Gasteiger partial charge is 0.253 e. The van der Waals surface area contributed by atoms with E-state index in [-0.39, 0.29) is 18.2 Å². The molecule has 0 saturated carbocycles. The summed E-state index contributed by atoms with van der Waals surface area (Å²) in [7, 11) is 0. The van der Waals surface area contributed by atoms with E-state index < -0.39 is 0 Å². The van der Waals surface area contributed by atoms with Crippen LogP contribution in [0.5, 0.6) is 0 Å². The van der Waals surface area contributed by atoms with Crippen molar-refractivity contribution in [3.63, 3.8) is 0 Å². The number of amides is 2. The third-order valence-corrected chi connectivity index (χ3v) is 6.25. The molecule has 0 unspecified atom stereocenters. The van der Waals surface area contributed by atoms with Crippen LogP contribution in [0, 0.1) is 27.7 Å². The Balaban J connectivity index is 1.43. The van der Waals surface area contributed by atoms with Crippen LogP contribution in [0.2, 0.25) is 0 Å². The fourth-order valence-corrected chi connectivity index (χ4v) is 4.45. The summed E-state index contributed by atoms with van der Waals surface area (Å²) in [6, 6.07) is 9.06. The van der Waals surface area contributed by atoms with Crippen molar-refractivity contribution in [2.75, 3.05) is 18.4 Å². The standard InChI is InChI=1S/C26H32N6O2/c1-17-15-18(2)28-26(27-17)32-20(4)23(19(3)30-32)16-24(33)29-22-11-9-21(10-12-22)25(34)31-13-7-5-6-8-14-31/h9-12,15H,5-8,13-14,16H2,1-4H3,(H,29,33). The van der Waals surface area contributed by atoms with Crippen LogP contribution in [-0.2, 0) is 11.2 Å². The topological polar surface area (TPSA) is 93.0 Å². The normalized spacial score (nSPS) is 14.1. The van der Waals surface area contributed by atoms with E-state index in [9.17, 15) is 9.59 Å². The molecule has 2 aromatic heterocycles. The lowest BCUT2D eigenvalue weighted by Crippen LogP contribution is -2.31. The minimum Gasteiger partial charge on any atom is -0.339 e. The van der Waals surface area contributed by atoms with Crippen LogP contribution in [0.25, 0.3) is 5.95 Å². The Kier molecular flexibility index (Phi) is 7.05. The van der Waals surface area contributed by atoms with Crippen LogP contribution >= 0.6 is 0 Å². The summed E-state index contributed by atoms with van der Waals surface area (Å²) >= 11 is 0. The molecule has 3 heterocycles. The van der Waals surface area contributed by atoms with Gasteiger partial charge in [-0.3, -0.25) is 9.59 Å². The number of aromatic nitrogens is 4. The molecule has 1 N–H and O–H groups in total. The second-order valence-electron chi connectivity index (χ2n) is 9.02. The molecule has 34 heavy (non-hydrogen) atoms. The predicted octanol–water partition coefficient (Wildman–Crippen LogP) is 4.09. The Morgan fingerprint density at radius 3 is 2.15 bits per heavy atom. The number of nitrogens with one attached hydrogen (secondary N) is 1. The molecule has 0 bridgehead atoms. The maximum atomic E-state index is 12.8. The summed E-state index contributed by atoms with van der Waals surface area (Å²) in [6.07, 6.45) is 4.68. The Morgan fingerprint density at radius 2 is 1.53 bits per heavy atom. The van der Waals surface area contributed by atoms with E-state index in [1.54, 1.807) is 28.9 Å². The summed E-state index contributed by atoms with van der Waals surface area (Å²) in [6.45, 7) is 9.29. The molecule has 3 aromatic rings.